The van der Waals surface area contributed by atoms with Crippen LogP contribution in [0, 0.1) is 6.92 Å². The van der Waals surface area contributed by atoms with Crippen molar-refractivity contribution >= 4 is 27.3 Å². The monoisotopic (exact) mass is 631 g/mol. The number of fused-ring (bicyclic) bond motifs is 2. The van der Waals surface area contributed by atoms with Gasteiger partial charge in [0.15, 0.2) is 5.75 Å². The first kappa shape index (κ1) is 30.8. The van der Waals surface area contributed by atoms with Gasteiger partial charge in [-0.1, -0.05) is 51.3 Å². The number of aryl methyl sites for hydroxylation is 2. The van der Waals surface area contributed by atoms with Crippen molar-refractivity contribution in [1.82, 2.24) is 24.5 Å². The third-order valence-electron chi connectivity index (χ3n) is 9.08. The Bertz CT molecular complexity index is 1880. The van der Waals surface area contributed by atoms with Gasteiger partial charge in [0.1, 0.15) is 11.5 Å². The number of carbonyl (C=O) groups excluding carboxylic acids is 1. The Morgan fingerprint density at radius 3 is 2.47 bits per heavy atom. The van der Waals surface area contributed by atoms with E-state index >= 15 is 0 Å². The lowest BCUT2D eigenvalue weighted by Crippen LogP contribution is -2.33. The second-order valence-corrected chi connectivity index (χ2v) is 15.2. The number of hydrogen-bond donors (Lipinski definition) is 2. The number of amides is 1. The highest BCUT2D eigenvalue weighted by molar-refractivity contribution is 7.92. The Labute approximate surface area is 264 Å². The molecule has 0 bridgehead atoms. The normalized spacial score (nSPS) is 16.0. The molecule has 0 unspecified atom stereocenters. The van der Waals surface area contributed by atoms with Gasteiger partial charge >= 0.3 is 0 Å². The number of sulfonamides is 1. The summed E-state index contributed by atoms with van der Waals surface area (Å²) >= 11 is 0. The Morgan fingerprint density at radius 1 is 1.04 bits per heavy atom. The molecular formula is C33H41N7O4S. The van der Waals surface area contributed by atoms with Crippen LogP contribution < -0.4 is 14.8 Å². The summed E-state index contributed by atoms with van der Waals surface area (Å²) in [6.45, 7) is 7.99. The maximum atomic E-state index is 13.7. The fourth-order valence-electron chi connectivity index (χ4n) is 6.76. The Hall–Kier alpha value is -4.19. The Balaban J connectivity index is 1.32. The van der Waals surface area contributed by atoms with Crippen LogP contribution in [0.3, 0.4) is 0 Å². The molecule has 2 N–H and O–H groups in total. The molecule has 1 aliphatic carbocycles. The summed E-state index contributed by atoms with van der Waals surface area (Å²) in [4.78, 5) is 18.4. The minimum absolute atomic E-state index is 0.124. The number of methoxy groups -OCH3 is 1. The first-order chi connectivity index (χ1) is 21.3. The van der Waals surface area contributed by atoms with E-state index in [2.05, 4.69) is 24.9 Å². The molecule has 0 saturated heterocycles. The molecule has 1 spiro atoms. The first-order valence-electron chi connectivity index (χ1n) is 15.4. The van der Waals surface area contributed by atoms with Crippen molar-refractivity contribution in [3.8, 4) is 22.8 Å². The Morgan fingerprint density at radius 2 is 1.78 bits per heavy atom. The van der Waals surface area contributed by atoms with Gasteiger partial charge in [0, 0.05) is 17.5 Å². The molecule has 1 fully saturated rings. The molecule has 2 aromatic carbocycles. The van der Waals surface area contributed by atoms with Crippen LogP contribution in [0.4, 0.5) is 11.4 Å². The SMILES string of the molecule is COc1c(NC(=O)c2ccc(C)c(-n3cc(-c4cnc5n4C4(CCCCC4)CC5)nn3)c2)cc(C(C)(C)C)cc1NS(C)(=O)=O. The van der Waals surface area contributed by atoms with Crippen LogP contribution >= 0.6 is 0 Å². The molecule has 1 aliphatic heterocycles. The van der Waals surface area contributed by atoms with Gasteiger partial charge in [0.25, 0.3) is 5.91 Å². The maximum absolute atomic E-state index is 13.7. The molecule has 1 saturated carbocycles. The second-order valence-electron chi connectivity index (χ2n) is 13.4. The smallest absolute Gasteiger partial charge is 0.255 e. The summed E-state index contributed by atoms with van der Waals surface area (Å²) < 4.78 is 36.5. The maximum Gasteiger partial charge on any atom is 0.255 e. The number of ether oxygens (including phenoxy) is 1. The molecule has 12 heteroatoms. The highest BCUT2D eigenvalue weighted by Gasteiger charge is 2.41. The van der Waals surface area contributed by atoms with Crippen LogP contribution in [0.25, 0.3) is 17.1 Å². The molecule has 3 heterocycles. The number of aromatic nitrogens is 5. The predicted octanol–water partition coefficient (Wildman–Crippen LogP) is 5.97. The lowest BCUT2D eigenvalue weighted by molar-refractivity contribution is 0.102. The molecule has 1 amide bonds. The van der Waals surface area contributed by atoms with E-state index < -0.39 is 10.0 Å². The van der Waals surface area contributed by atoms with Crippen molar-refractivity contribution in [3.05, 3.63) is 65.2 Å². The van der Waals surface area contributed by atoms with E-state index in [-0.39, 0.29) is 28.3 Å². The number of imidazole rings is 1. The largest absolute Gasteiger partial charge is 0.492 e. The van der Waals surface area contributed by atoms with E-state index in [1.54, 1.807) is 22.9 Å². The van der Waals surface area contributed by atoms with Gasteiger partial charge in [0.2, 0.25) is 10.0 Å². The number of nitrogens with zero attached hydrogens (tertiary/aromatic N) is 5. The lowest BCUT2D eigenvalue weighted by atomic mass is 9.80. The highest BCUT2D eigenvalue weighted by atomic mass is 32.2. The number of carbonyl (C=O) groups is 1. The van der Waals surface area contributed by atoms with E-state index in [4.69, 9.17) is 9.72 Å². The van der Waals surface area contributed by atoms with Gasteiger partial charge in [-0.3, -0.25) is 9.52 Å². The topological polar surface area (TPSA) is 133 Å². The van der Waals surface area contributed by atoms with Gasteiger partial charge in [0.05, 0.1) is 48.5 Å². The zero-order valence-electron chi connectivity index (χ0n) is 26.8. The molecule has 2 aromatic heterocycles. The summed E-state index contributed by atoms with van der Waals surface area (Å²) in [7, 11) is -2.16. The number of nitrogens with one attached hydrogen (secondary N) is 2. The van der Waals surface area contributed by atoms with E-state index in [1.807, 2.05) is 52.2 Å². The summed E-state index contributed by atoms with van der Waals surface area (Å²) in [6, 6.07) is 8.94. The van der Waals surface area contributed by atoms with Crippen molar-refractivity contribution in [2.24, 2.45) is 0 Å². The third kappa shape index (κ3) is 5.95. The van der Waals surface area contributed by atoms with Gasteiger partial charge in [-0.15, -0.1) is 5.10 Å². The van der Waals surface area contributed by atoms with Crippen LogP contribution in [0.2, 0.25) is 0 Å². The molecule has 238 valence electrons. The molecule has 45 heavy (non-hydrogen) atoms. The Kier molecular flexibility index (Phi) is 7.75. The average molecular weight is 632 g/mol. The van der Waals surface area contributed by atoms with E-state index in [1.165, 1.54) is 39.2 Å². The van der Waals surface area contributed by atoms with Gasteiger partial charge in [-0.25, -0.2) is 18.1 Å². The molecule has 4 aromatic rings. The minimum Gasteiger partial charge on any atom is -0.492 e. The van der Waals surface area contributed by atoms with E-state index in [9.17, 15) is 13.2 Å². The van der Waals surface area contributed by atoms with Gasteiger partial charge < -0.3 is 14.6 Å². The molecule has 2 aliphatic rings. The standard InChI is InChI=1S/C33H41N7O4S/c1-21-10-11-22(31(41)35-24-17-23(32(2,3)4)18-25(30(24)44-5)37-45(6,42)43)16-27(21)39-20-26(36-38-39)28-19-34-29-12-15-33(40(28)29)13-8-7-9-14-33/h10-11,16-20,37H,7-9,12-15H2,1-6H3,(H,35,41). The molecule has 0 atom stereocenters. The van der Waals surface area contributed by atoms with Crippen molar-refractivity contribution < 1.29 is 17.9 Å². The van der Waals surface area contributed by atoms with Gasteiger partial charge in [-0.2, -0.15) is 0 Å². The summed E-state index contributed by atoms with van der Waals surface area (Å²) in [5.74, 6) is 0.968. The number of hydrogen-bond acceptors (Lipinski definition) is 7. The van der Waals surface area contributed by atoms with Crippen molar-refractivity contribution in [2.45, 2.75) is 83.6 Å². The first-order valence-corrected chi connectivity index (χ1v) is 17.3. The van der Waals surface area contributed by atoms with Crippen LogP contribution in [0.15, 0.2) is 42.7 Å². The fourth-order valence-corrected chi connectivity index (χ4v) is 7.31. The quantitative estimate of drug-likeness (QED) is 0.257. The van der Waals surface area contributed by atoms with Crippen molar-refractivity contribution in [2.75, 3.05) is 23.4 Å². The van der Waals surface area contributed by atoms with E-state index in [0.29, 0.717) is 11.3 Å². The van der Waals surface area contributed by atoms with Crippen molar-refractivity contribution in [1.29, 1.82) is 0 Å². The molecule has 11 nitrogen and oxygen atoms in total. The highest BCUT2D eigenvalue weighted by Crippen LogP contribution is 2.46. The number of anilines is 2. The van der Waals surface area contributed by atoms with Crippen LogP contribution in [0.1, 0.15) is 86.6 Å². The zero-order chi connectivity index (χ0) is 32.1. The fraction of sp³-hybridized carbons (Fsp3) is 0.455. The second kappa shape index (κ2) is 11.3. The van der Waals surface area contributed by atoms with E-state index in [0.717, 1.165) is 53.1 Å². The van der Waals surface area contributed by atoms with Gasteiger partial charge in [-0.05, 0) is 67.0 Å². The predicted molar refractivity (Wildman–Crippen MR) is 175 cm³/mol. The summed E-state index contributed by atoms with van der Waals surface area (Å²) in [6.07, 6.45) is 13.1. The molecule has 0 radical (unpaired) electrons. The summed E-state index contributed by atoms with van der Waals surface area (Å²) in [5, 5.41) is 12.0. The lowest BCUT2D eigenvalue weighted by Gasteiger charge is -2.36. The number of benzene rings is 2. The zero-order valence-corrected chi connectivity index (χ0v) is 27.6. The average Bonchev–Trinajstić information content (AvgIpc) is 3.70. The summed E-state index contributed by atoms with van der Waals surface area (Å²) in [5.41, 5.74) is 5.04. The minimum atomic E-state index is -3.60. The number of rotatable bonds is 7. The van der Waals surface area contributed by atoms with Crippen LogP contribution in [0.5, 0.6) is 5.75 Å². The van der Waals surface area contributed by atoms with Crippen molar-refractivity contribution in [3.63, 3.8) is 0 Å². The van der Waals surface area contributed by atoms with Crippen LogP contribution in [-0.2, 0) is 27.4 Å². The molecule has 6 rings (SSSR count). The van der Waals surface area contributed by atoms with Crippen LogP contribution in [-0.4, -0.2) is 52.2 Å². The molecular weight excluding hydrogens is 590 g/mol. The third-order valence-corrected chi connectivity index (χ3v) is 9.67.